The average molecular weight is 413 g/mol. The lowest BCUT2D eigenvalue weighted by molar-refractivity contribution is 0.0757. The molecule has 29 heavy (non-hydrogen) atoms. The van der Waals surface area contributed by atoms with Crippen LogP contribution in [0.15, 0.2) is 53.4 Å². The van der Waals surface area contributed by atoms with Gasteiger partial charge in [-0.25, -0.2) is 8.42 Å². The highest BCUT2D eigenvalue weighted by molar-refractivity contribution is 7.90. The minimum absolute atomic E-state index is 0.0400. The normalized spacial score (nSPS) is 16.1. The third kappa shape index (κ3) is 4.33. The Bertz CT molecular complexity index is 1120. The first-order valence-electron chi connectivity index (χ1n) is 9.65. The summed E-state index contributed by atoms with van der Waals surface area (Å²) in [6.07, 6.45) is 2.10. The summed E-state index contributed by atoms with van der Waals surface area (Å²) >= 11 is 0. The van der Waals surface area contributed by atoms with Crippen molar-refractivity contribution in [3.63, 3.8) is 0 Å². The number of nitrogens with one attached hydrogen (secondary N) is 1. The van der Waals surface area contributed by atoms with Crippen molar-refractivity contribution in [3.8, 4) is 0 Å². The van der Waals surface area contributed by atoms with E-state index in [2.05, 4.69) is 15.1 Å². The van der Waals surface area contributed by atoms with E-state index in [0.29, 0.717) is 23.7 Å². The van der Waals surface area contributed by atoms with Crippen molar-refractivity contribution in [2.45, 2.75) is 17.9 Å². The lowest BCUT2D eigenvalue weighted by atomic mass is 10.2. The van der Waals surface area contributed by atoms with Crippen molar-refractivity contribution < 1.29 is 13.2 Å². The number of fused-ring (bicyclic) bond motifs is 1. The lowest BCUT2D eigenvalue weighted by Gasteiger charge is -2.21. The molecule has 2 aromatic carbocycles. The molecule has 1 amide bonds. The molecule has 4 rings (SSSR count). The van der Waals surface area contributed by atoms with Gasteiger partial charge in [-0.15, -0.1) is 0 Å². The molecule has 0 saturated carbocycles. The first kappa shape index (κ1) is 19.6. The molecule has 1 aliphatic heterocycles. The van der Waals surface area contributed by atoms with Gasteiger partial charge in [-0.1, -0.05) is 30.3 Å². The monoisotopic (exact) mass is 412 g/mol. The maximum Gasteiger partial charge on any atom is 0.275 e. The van der Waals surface area contributed by atoms with Crippen LogP contribution in [0.3, 0.4) is 0 Å². The minimum atomic E-state index is -3.18. The number of benzene rings is 2. The van der Waals surface area contributed by atoms with E-state index >= 15 is 0 Å². The number of carbonyl (C=O) groups is 1. The Morgan fingerprint density at radius 1 is 1.03 bits per heavy atom. The molecule has 0 aliphatic carbocycles. The van der Waals surface area contributed by atoms with Gasteiger partial charge in [0.2, 0.25) is 0 Å². The van der Waals surface area contributed by atoms with Gasteiger partial charge in [-0.3, -0.25) is 14.8 Å². The predicted octanol–water partition coefficient (Wildman–Crippen LogP) is 2.31. The van der Waals surface area contributed by atoms with Gasteiger partial charge < -0.3 is 4.90 Å². The highest BCUT2D eigenvalue weighted by Gasteiger charge is 2.23. The van der Waals surface area contributed by atoms with Gasteiger partial charge in [-0.2, -0.15) is 5.10 Å². The number of sulfone groups is 1. The van der Waals surface area contributed by atoms with Crippen molar-refractivity contribution in [1.29, 1.82) is 0 Å². The van der Waals surface area contributed by atoms with Crippen LogP contribution in [-0.2, 0) is 16.4 Å². The van der Waals surface area contributed by atoms with Gasteiger partial charge in [0.05, 0.1) is 10.4 Å². The molecular weight excluding hydrogens is 388 g/mol. The van der Waals surface area contributed by atoms with Gasteiger partial charge in [0.15, 0.2) is 15.5 Å². The van der Waals surface area contributed by atoms with E-state index in [1.807, 2.05) is 41.3 Å². The summed E-state index contributed by atoms with van der Waals surface area (Å²) in [5.41, 5.74) is 2.41. The Balaban J connectivity index is 1.41. The molecule has 0 radical (unpaired) electrons. The number of para-hydroxylation sites is 1. The zero-order chi connectivity index (χ0) is 20.4. The summed E-state index contributed by atoms with van der Waals surface area (Å²) < 4.78 is 23.2. The summed E-state index contributed by atoms with van der Waals surface area (Å²) in [6.45, 7) is 3.73. The molecule has 0 spiro atoms. The largest absolute Gasteiger partial charge is 0.336 e. The van der Waals surface area contributed by atoms with Gasteiger partial charge >= 0.3 is 0 Å². The molecule has 0 unspecified atom stereocenters. The van der Waals surface area contributed by atoms with Gasteiger partial charge in [0, 0.05) is 44.4 Å². The fraction of sp³-hybridized carbons (Fsp3) is 0.333. The molecule has 1 aromatic heterocycles. The third-order valence-electron chi connectivity index (χ3n) is 5.31. The number of aromatic amines is 1. The zero-order valence-corrected chi connectivity index (χ0v) is 17.2. The van der Waals surface area contributed by atoms with E-state index in [-0.39, 0.29) is 5.91 Å². The van der Waals surface area contributed by atoms with E-state index in [0.717, 1.165) is 42.5 Å². The third-order valence-corrected chi connectivity index (χ3v) is 6.43. The number of hydrogen-bond acceptors (Lipinski definition) is 5. The molecule has 1 aliphatic rings. The predicted molar refractivity (Wildman–Crippen MR) is 111 cm³/mol. The molecule has 7 nitrogen and oxygen atoms in total. The van der Waals surface area contributed by atoms with Crippen molar-refractivity contribution in [1.82, 2.24) is 20.0 Å². The highest BCUT2D eigenvalue weighted by atomic mass is 32.2. The van der Waals surface area contributed by atoms with Crippen LogP contribution < -0.4 is 0 Å². The number of H-pyrrole nitrogens is 1. The minimum Gasteiger partial charge on any atom is -0.336 e. The molecular formula is C21H24N4O3S. The Labute approximate surface area is 170 Å². The van der Waals surface area contributed by atoms with Gasteiger partial charge in [-0.05, 0) is 30.2 Å². The Morgan fingerprint density at radius 3 is 2.55 bits per heavy atom. The fourth-order valence-corrected chi connectivity index (χ4v) is 4.34. The number of hydrogen-bond donors (Lipinski definition) is 1. The first-order valence-corrected chi connectivity index (χ1v) is 11.5. The van der Waals surface area contributed by atoms with E-state index in [1.54, 1.807) is 12.1 Å². The Hall–Kier alpha value is -2.71. The molecule has 8 heteroatoms. The van der Waals surface area contributed by atoms with Crippen LogP contribution in [0.1, 0.15) is 22.5 Å². The molecule has 3 aromatic rings. The molecule has 0 bridgehead atoms. The van der Waals surface area contributed by atoms with Crippen LogP contribution in [0, 0.1) is 0 Å². The summed E-state index contributed by atoms with van der Waals surface area (Å²) in [4.78, 5) is 17.5. The number of amides is 1. The second-order valence-corrected chi connectivity index (χ2v) is 9.47. The van der Waals surface area contributed by atoms with Crippen LogP contribution in [0.2, 0.25) is 0 Å². The summed E-state index contributed by atoms with van der Waals surface area (Å²) in [7, 11) is -3.18. The number of aromatic nitrogens is 2. The maximum atomic E-state index is 13.0. The molecule has 0 atom stereocenters. The van der Waals surface area contributed by atoms with E-state index in [1.165, 1.54) is 6.26 Å². The topological polar surface area (TPSA) is 86.4 Å². The molecule has 1 N–H and O–H groups in total. The second kappa shape index (κ2) is 7.96. The number of rotatable bonds is 4. The number of nitrogens with zero attached hydrogens (tertiary/aromatic N) is 3. The maximum absolute atomic E-state index is 13.0. The molecule has 152 valence electrons. The van der Waals surface area contributed by atoms with E-state index < -0.39 is 9.84 Å². The lowest BCUT2D eigenvalue weighted by Crippen LogP contribution is -2.35. The molecule has 1 fully saturated rings. The summed E-state index contributed by atoms with van der Waals surface area (Å²) in [5.74, 6) is -0.0400. The second-order valence-electron chi connectivity index (χ2n) is 7.46. The Morgan fingerprint density at radius 2 is 1.79 bits per heavy atom. The van der Waals surface area contributed by atoms with Gasteiger partial charge in [0.25, 0.3) is 5.91 Å². The van der Waals surface area contributed by atoms with Crippen molar-refractivity contribution in [2.75, 3.05) is 32.4 Å². The van der Waals surface area contributed by atoms with Crippen LogP contribution in [0.4, 0.5) is 0 Å². The van der Waals surface area contributed by atoms with Crippen molar-refractivity contribution in [2.24, 2.45) is 0 Å². The average Bonchev–Trinajstić information content (AvgIpc) is 3.00. The van der Waals surface area contributed by atoms with Crippen LogP contribution >= 0.6 is 0 Å². The zero-order valence-electron chi connectivity index (χ0n) is 16.3. The van der Waals surface area contributed by atoms with Crippen molar-refractivity contribution in [3.05, 3.63) is 59.8 Å². The van der Waals surface area contributed by atoms with Crippen molar-refractivity contribution >= 4 is 26.6 Å². The summed E-state index contributed by atoms with van der Waals surface area (Å²) in [5, 5.41) is 8.02. The SMILES string of the molecule is CS(=O)(=O)c1ccc(CN2CCCN(C(=O)c3n[nH]c4ccccc34)CC2)cc1. The smallest absolute Gasteiger partial charge is 0.275 e. The standard InChI is InChI=1S/C21H24N4O3S/c1-29(27,28)17-9-7-16(8-10-17)15-24-11-4-12-25(14-13-24)21(26)20-18-5-2-3-6-19(18)22-23-20/h2-3,5-10H,4,11-15H2,1H3,(H,22,23). The number of carbonyl (C=O) groups excluding carboxylic acids is 1. The summed E-state index contributed by atoms with van der Waals surface area (Å²) in [6, 6.07) is 14.7. The molecule has 1 saturated heterocycles. The highest BCUT2D eigenvalue weighted by Crippen LogP contribution is 2.18. The Kier molecular flexibility index (Phi) is 5.38. The first-order chi connectivity index (χ1) is 13.9. The van der Waals surface area contributed by atoms with Crippen LogP contribution in [0.5, 0.6) is 0 Å². The molecule has 2 heterocycles. The van der Waals surface area contributed by atoms with E-state index in [4.69, 9.17) is 0 Å². The van der Waals surface area contributed by atoms with Gasteiger partial charge in [0.1, 0.15) is 0 Å². The van der Waals surface area contributed by atoms with E-state index in [9.17, 15) is 13.2 Å². The van der Waals surface area contributed by atoms with Crippen LogP contribution in [-0.4, -0.2) is 66.8 Å². The quantitative estimate of drug-likeness (QED) is 0.711. The van der Waals surface area contributed by atoms with Crippen LogP contribution in [0.25, 0.3) is 10.9 Å². The fourth-order valence-electron chi connectivity index (χ4n) is 3.71.